The zero-order valence-corrected chi connectivity index (χ0v) is 17.3. The molecule has 6 nitrogen and oxygen atoms in total. The van der Waals surface area contributed by atoms with E-state index in [1.54, 1.807) is 6.07 Å². The molecular weight excluding hydrogens is 371 g/mol. The van der Waals surface area contributed by atoms with Crippen molar-refractivity contribution in [3.05, 3.63) is 29.1 Å². The molecule has 1 saturated heterocycles. The van der Waals surface area contributed by atoms with E-state index in [0.29, 0.717) is 24.6 Å². The van der Waals surface area contributed by atoms with Crippen LogP contribution < -0.4 is 10.6 Å². The van der Waals surface area contributed by atoms with E-state index in [4.69, 9.17) is 0 Å². The van der Waals surface area contributed by atoms with Gasteiger partial charge >= 0.3 is 0 Å². The Bertz CT molecular complexity index is 768. The monoisotopic (exact) mass is 402 g/mol. The predicted octanol–water partition coefficient (Wildman–Crippen LogP) is 2.06. The number of hydrogen-bond acceptors (Lipinski definition) is 4. The van der Waals surface area contributed by atoms with Crippen molar-refractivity contribution in [3.8, 4) is 0 Å². The maximum Gasteiger partial charge on any atom is 0.243 e. The lowest BCUT2D eigenvalue weighted by molar-refractivity contribution is -0.130. The van der Waals surface area contributed by atoms with Crippen molar-refractivity contribution in [1.82, 2.24) is 15.1 Å². The number of rotatable bonds is 3. The van der Waals surface area contributed by atoms with Crippen LogP contribution in [0.5, 0.6) is 0 Å². The van der Waals surface area contributed by atoms with Gasteiger partial charge in [-0.3, -0.25) is 14.5 Å². The van der Waals surface area contributed by atoms with Crippen molar-refractivity contribution < 1.29 is 14.0 Å². The summed E-state index contributed by atoms with van der Waals surface area (Å²) in [7, 11) is 1.87. The summed E-state index contributed by atoms with van der Waals surface area (Å²) in [5.41, 5.74) is 2.34. The van der Waals surface area contributed by atoms with Crippen molar-refractivity contribution in [1.29, 1.82) is 0 Å². The third kappa shape index (κ3) is 4.25. The number of aryl methyl sites for hydroxylation is 1. The first kappa shape index (κ1) is 20.1. The molecule has 2 amide bonds. The van der Waals surface area contributed by atoms with Crippen LogP contribution in [0.15, 0.2) is 12.1 Å². The average molecular weight is 403 g/mol. The van der Waals surface area contributed by atoms with Gasteiger partial charge in [-0.25, -0.2) is 4.39 Å². The Balaban J connectivity index is 1.35. The average Bonchev–Trinajstić information content (AvgIpc) is 3.10. The second-order valence-corrected chi connectivity index (χ2v) is 8.78. The van der Waals surface area contributed by atoms with Crippen molar-refractivity contribution >= 4 is 17.5 Å². The molecule has 29 heavy (non-hydrogen) atoms. The number of amides is 2. The highest BCUT2D eigenvalue weighted by Gasteiger charge is 2.34. The highest BCUT2D eigenvalue weighted by Crippen LogP contribution is 2.32. The smallest absolute Gasteiger partial charge is 0.243 e. The molecule has 0 aromatic heterocycles. The van der Waals surface area contributed by atoms with Crippen LogP contribution in [0, 0.1) is 12.7 Å². The van der Waals surface area contributed by atoms with Crippen molar-refractivity contribution in [2.24, 2.45) is 0 Å². The first-order valence-corrected chi connectivity index (χ1v) is 10.7. The summed E-state index contributed by atoms with van der Waals surface area (Å²) in [4.78, 5) is 29.2. The van der Waals surface area contributed by atoms with E-state index < -0.39 is 6.04 Å². The number of carbonyl (C=O) groups is 2. The number of benzene rings is 1. The maximum absolute atomic E-state index is 14.1. The summed E-state index contributed by atoms with van der Waals surface area (Å²) >= 11 is 0. The molecule has 2 fully saturated rings. The molecule has 1 aromatic rings. The molecule has 1 aromatic carbocycles. The largest absolute Gasteiger partial charge is 0.373 e. The molecule has 2 N–H and O–H groups in total. The van der Waals surface area contributed by atoms with E-state index in [2.05, 4.69) is 15.5 Å². The highest BCUT2D eigenvalue weighted by atomic mass is 19.1. The highest BCUT2D eigenvalue weighted by molar-refractivity contribution is 5.88. The molecule has 3 atom stereocenters. The molecule has 0 spiro atoms. The number of carbonyl (C=O) groups excluding carboxylic acids is 2. The summed E-state index contributed by atoms with van der Waals surface area (Å²) in [5, 5.41) is 6.41. The van der Waals surface area contributed by atoms with Gasteiger partial charge in [0.1, 0.15) is 11.9 Å². The molecule has 7 heteroatoms. The Morgan fingerprint density at radius 2 is 2.07 bits per heavy atom. The Labute approximate surface area is 171 Å². The van der Waals surface area contributed by atoms with Gasteiger partial charge in [0, 0.05) is 49.9 Å². The van der Waals surface area contributed by atoms with Gasteiger partial charge in [0.25, 0.3) is 0 Å². The number of fused-ring (bicyclic) bond motifs is 1. The Morgan fingerprint density at radius 3 is 2.86 bits per heavy atom. The molecule has 2 unspecified atom stereocenters. The number of nitrogens with one attached hydrogen (secondary N) is 2. The molecule has 2 heterocycles. The second kappa shape index (κ2) is 8.30. The van der Waals surface area contributed by atoms with E-state index in [1.807, 2.05) is 18.9 Å². The minimum absolute atomic E-state index is 0.0580. The molecule has 2 aliphatic heterocycles. The summed E-state index contributed by atoms with van der Waals surface area (Å²) in [6.45, 7) is 4.14. The Morgan fingerprint density at radius 1 is 1.24 bits per heavy atom. The standard InChI is InChI=1S/C22H31FN4O2/c1-14-7-8-18(23)17-12-19(25-21(14)17)22(29)24-15-5-3-6-16(11-15)27-10-4-9-26(2)20(28)13-27/h7-8,15-16,19,25H,3-6,9-13H2,1-2H3,(H,24,29)/t15-,16?,19?/m1/s1. The number of likely N-dealkylation sites (N-methyl/N-ethyl adjacent to an activating group) is 1. The van der Waals surface area contributed by atoms with Crippen LogP contribution in [0.4, 0.5) is 10.1 Å². The fourth-order valence-electron chi connectivity index (χ4n) is 4.98. The Hall–Kier alpha value is -2.15. The summed E-state index contributed by atoms with van der Waals surface area (Å²) < 4.78 is 14.1. The minimum atomic E-state index is -0.422. The molecule has 1 aliphatic carbocycles. The van der Waals surface area contributed by atoms with Crippen molar-refractivity contribution in [2.45, 2.75) is 63.6 Å². The topological polar surface area (TPSA) is 64.7 Å². The van der Waals surface area contributed by atoms with E-state index in [0.717, 1.165) is 56.4 Å². The number of nitrogens with zero attached hydrogens (tertiary/aromatic N) is 2. The van der Waals surface area contributed by atoms with Crippen LogP contribution >= 0.6 is 0 Å². The predicted molar refractivity (Wildman–Crippen MR) is 110 cm³/mol. The molecular formula is C22H31FN4O2. The lowest BCUT2D eigenvalue weighted by atomic mass is 9.89. The van der Waals surface area contributed by atoms with Gasteiger partial charge in [-0.05, 0) is 50.7 Å². The van der Waals surface area contributed by atoms with Crippen LogP contribution in [0.2, 0.25) is 0 Å². The third-order valence-electron chi connectivity index (χ3n) is 6.72. The van der Waals surface area contributed by atoms with E-state index in [-0.39, 0.29) is 23.7 Å². The molecule has 4 rings (SSSR count). The second-order valence-electron chi connectivity index (χ2n) is 8.78. The molecule has 1 saturated carbocycles. The van der Waals surface area contributed by atoms with Gasteiger partial charge in [0.15, 0.2) is 0 Å². The summed E-state index contributed by atoms with van der Waals surface area (Å²) in [6.07, 6.45) is 5.32. The van der Waals surface area contributed by atoms with Gasteiger partial charge in [0.2, 0.25) is 11.8 Å². The number of anilines is 1. The van der Waals surface area contributed by atoms with Crippen LogP contribution in [0.1, 0.15) is 43.2 Å². The van der Waals surface area contributed by atoms with E-state index in [9.17, 15) is 14.0 Å². The summed E-state index contributed by atoms with van der Waals surface area (Å²) in [5.74, 6) is -0.127. The lowest BCUT2D eigenvalue weighted by Gasteiger charge is -2.37. The van der Waals surface area contributed by atoms with E-state index >= 15 is 0 Å². The molecule has 0 bridgehead atoms. The number of hydrogen-bond donors (Lipinski definition) is 2. The zero-order valence-electron chi connectivity index (χ0n) is 17.3. The van der Waals surface area contributed by atoms with Crippen LogP contribution in [0.3, 0.4) is 0 Å². The van der Waals surface area contributed by atoms with Crippen molar-refractivity contribution in [3.63, 3.8) is 0 Å². The quantitative estimate of drug-likeness (QED) is 0.812. The van der Waals surface area contributed by atoms with Crippen LogP contribution in [0.25, 0.3) is 0 Å². The maximum atomic E-state index is 14.1. The third-order valence-corrected chi connectivity index (χ3v) is 6.72. The van der Waals surface area contributed by atoms with Gasteiger partial charge in [-0.1, -0.05) is 6.07 Å². The van der Waals surface area contributed by atoms with Gasteiger partial charge in [-0.2, -0.15) is 0 Å². The SMILES string of the molecule is Cc1ccc(F)c2c1NC(C(=O)N[C@@H]1CCCC(N3CCCN(C)C(=O)C3)C1)C2. The van der Waals surface area contributed by atoms with Crippen LogP contribution in [-0.2, 0) is 16.0 Å². The summed E-state index contributed by atoms with van der Waals surface area (Å²) in [6, 6.07) is 3.23. The van der Waals surface area contributed by atoms with Gasteiger partial charge in [-0.15, -0.1) is 0 Å². The zero-order chi connectivity index (χ0) is 20.5. The van der Waals surface area contributed by atoms with Crippen molar-refractivity contribution in [2.75, 3.05) is 32.0 Å². The Kier molecular flexibility index (Phi) is 5.76. The first-order valence-electron chi connectivity index (χ1n) is 10.7. The number of halogens is 1. The normalized spacial score (nSPS) is 27.9. The fraction of sp³-hybridized carbons (Fsp3) is 0.636. The molecule has 3 aliphatic rings. The van der Waals surface area contributed by atoms with Gasteiger partial charge < -0.3 is 15.5 Å². The first-order chi connectivity index (χ1) is 13.9. The fourth-order valence-corrected chi connectivity index (χ4v) is 4.98. The molecule has 0 radical (unpaired) electrons. The minimum Gasteiger partial charge on any atom is -0.373 e. The van der Waals surface area contributed by atoms with E-state index in [1.165, 1.54) is 6.07 Å². The molecule has 158 valence electrons. The van der Waals surface area contributed by atoms with Gasteiger partial charge in [0.05, 0.1) is 6.54 Å². The van der Waals surface area contributed by atoms with Crippen LogP contribution in [-0.4, -0.2) is 66.4 Å². The lowest BCUT2D eigenvalue weighted by Crippen LogP contribution is -2.50.